The van der Waals surface area contributed by atoms with Crippen LogP contribution in [0.1, 0.15) is 17.5 Å². The standard InChI is InChI=1S/C12H15ClO2/c1-9-3-4-10(2)12(7-9)15-6-5-11(14)8-13/h3-4,7H,5-6,8H2,1-2H3. The van der Waals surface area contributed by atoms with Gasteiger partial charge in [-0.1, -0.05) is 12.1 Å². The molecule has 0 N–H and O–H groups in total. The molecule has 15 heavy (non-hydrogen) atoms. The predicted octanol–water partition coefficient (Wildman–Crippen LogP) is 2.88. The van der Waals surface area contributed by atoms with Crippen molar-refractivity contribution in [2.24, 2.45) is 0 Å². The molecule has 0 aromatic heterocycles. The normalized spacial score (nSPS) is 10.1. The van der Waals surface area contributed by atoms with Crippen molar-refractivity contribution in [3.8, 4) is 5.75 Å². The molecule has 1 aromatic rings. The molecular formula is C12H15ClO2. The lowest BCUT2D eigenvalue weighted by atomic mass is 10.1. The fourth-order valence-corrected chi connectivity index (χ4v) is 1.34. The lowest BCUT2D eigenvalue weighted by Gasteiger charge is -2.08. The summed E-state index contributed by atoms with van der Waals surface area (Å²) >= 11 is 5.39. The molecule has 0 fully saturated rings. The molecule has 1 aromatic carbocycles. The molecule has 3 heteroatoms. The molecule has 0 amide bonds. The Morgan fingerprint density at radius 1 is 1.40 bits per heavy atom. The van der Waals surface area contributed by atoms with Crippen molar-refractivity contribution in [3.63, 3.8) is 0 Å². The maximum Gasteiger partial charge on any atom is 0.150 e. The fraction of sp³-hybridized carbons (Fsp3) is 0.417. The number of benzene rings is 1. The highest BCUT2D eigenvalue weighted by molar-refractivity contribution is 6.27. The second kappa shape index (κ2) is 5.76. The van der Waals surface area contributed by atoms with E-state index in [1.54, 1.807) is 0 Å². The first kappa shape index (κ1) is 12.1. The quantitative estimate of drug-likeness (QED) is 0.722. The van der Waals surface area contributed by atoms with Gasteiger partial charge in [-0.2, -0.15) is 0 Å². The third kappa shape index (κ3) is 3.92. The zero-order chi connectivity index (χ0) is 11.3. The number of Topliss-reactive ketones (excluding diaryl/α,β-unsaturated/α-hetero) is 1. The van der Waals surface area contributed by atoms with Crippen LogP contribution < -0.4 is 4.74 Å². The maximum absolute atomic E-state index is 10.9. The van der Waals surface area contributed by atoms with E-state index in [-0.39, 0.29) is 11.7 Å². The number of carbonyl (C=O) groups is 1. The number of rotatable bonds is 5. The van der Waals surface area contributed by atoms with Crippen LogP contribution in [0.4, 0.5) is 0 Å². The summed E-state index contributed by atoms with van der Waals surface area (Å²) in [6.45, 7) is 4.39. The average Bonchev–Trinajstić information content (AvgIpc) is 2.23. The van der Waals surface area contributed by atoms with Crippen molar-refractivity contribution in [1.29, 1.82) is 0 Å². The summed E-state index contributed by atoms with van der Waals surface area (Å²) in [5.41, 5.74) is 2.23. The molecule has 0 spiro atoms. The molecule has 0 unspecified atom stereocenters. The summed E-state index contributed by atoms with van der Waals surface area (Å²) in [7, 11) is 0. The second-order valence-corrected chi connectivity index (χ2v) is 3.81. The minimum atomic E-state index is 0.0157. The summed E-state index contributed by atoms with van der Waals surface area (Å²) in [5, 5.41) is 0. The van der Waals surface area contributed by atoms with E-state index in [2.05, 4.69) is 0 Å². The second-order valence-electron chi connectivity index (χ2n) is 3.54. The van der Waals surface area contributed by atoms with Gasteiger partial charge in [-0.25, -0.2) is 0 Å². The van der Waals surface area contributed by atoms with Gasteiger partial charge in [0, 0.05) is 6.42 Å². The Hall–Kier alpha value is -1.02. The molecule has 1 rings (SSSR count). The van der Waals surface area contributed by atoms with Crippen molar-refractivity contribution in [2.75, 3.05) is 12.5 Å². The smallest absolute Gasteiger partial charge is 0.150 e. The van der Waals surface area contributed by atoms with Crippen LogP contribution in [-0.4, -0.2) is 18.3 Å². The van der Waals surface area contributed by atoms with Gasteiger partial charge in [0.1, 0.15) is 5.75 Å². The summed E-state index contributed by atoms with van der Waals surface area (Å²) in [5.74, 6) is 0.926. The molecule has 82 valence electrons. The zero-order valence-electron chi connectivity index (χ0n) is 9.05. The topological polar surface area (TPSA) is 26.3 Å². The van der Waals surface area contributed by atoms with Gasteiger partial charge in [0.15, 0.2) is 5.78 Å². The molecule has 0 saturated heterocycles. The Labute approximate surface area is 95.2 Å². The third-order valence-corrected chi connectivity index (χ3v) is 2.43. The van der Waals surface area contributed by atoms with Crippen molar-refractivity contribution < 1.29 is 9.53 Å². The van der Waals surface area contributed by atoms with E-state index >= 15 is 0 Å². The zero-order valence-corrected chi connectivity index (χ0v) is 9.80. The van der Waals surface area contributed by atoms with Gasteiger partial charge in [-0.3, -0.25) is 4.79 Å². The maximum atomic E-state index is 10.9. The van der Waals surface area contributed by atoms with Crippen LogP contribution in [0, 0.1) is 13.8 Å². The number of halogens is 1. The van der Waals surface area contributed by atoms with E-state index < -0.39 is 0 Å². The number of carbonyl (C=O) groups excluding carboxylic acids is 1. The van der Waals surface area contributed by atoms with Gasteiger partial charge < -0.3 is 4.74 Å². The Morgan fingerprint density at radius 2 is 2.13 bits per heavy atom. The molecule has 0 radical (unpaired) electrons. The molecule has 0 heterocycles. The lowest BCUT2D eigenvalue weighted by molar-refractivity contribution is -0.117. The molecule has 2 nitrogen and oxygen atoms in total. The van der Waals surface area contributed by atoms with Gasteiger partial charge >= 0.3 is 0 Å². The lowest BCUT2D eigenvalue weighted by Crippen LogP contribution is -2.07. The largest absolute Gasteiger partial charge is 0.493 e. The van der Waals surface area contributed by atoms with Gasteiger partial charge in [0.05, 0.1) is 12.5 Å². The van der Waals surface area contributed by atoms with Crippen LogP contribution in [0.3, 0.4) is 0 Å². The number of ether oxygens (including phenoxy) is 1. The van der Waals surface area contributed by atoms with Crippen LogP contribution >= 0.6 is 11.6 Å². The van der Waals surface area contributed by atoms with Crippen molar-refractivity contribution >= 4 is 17.4 Å². The molecule has 0 saturated carbocycles. The first-order valence-electron chi connectivity index (χ1n) is 4.91. The highest BCUT2D eigenvalue weighted by Gasteiger charge is 2.02. The van der Waals surface area contributed by atoms with Crippen LogP contribution in [0.15, 0.2) is 18.2 Å². The van der Waals surface area contributed by atoms with Crippen molar-refractivity contribution in [2.45, 2.75) is 20.3 Å². The fourth-order valence-electron chi connectivity index (χ4n) is 1.20. The first-order valence-corrected chi connectivity index (χ1v) is 5.44. The van der Waals surface area contributed by atoms with E-state index in [0.717, 1.165) is 16.9 Å². The average molecular weight is 227 g/mol. The van der Waals surface area contributed by atoms with Crippen LogP contribution in [0.25, 0.3) is 0 Å². The molecule has 0 aliphatic heterocycles. The van der Waals surface area contributed by atoms with E-state index in [0.29, 0.717) is 13.0 Å². The van der Waals surface area contributed by atoms with Crippen molar-refractivity contribution in [1.82, 2.24) is 0 Å². The van der Waals surface area contributed by atoms with E-state index in [4.69, 9.17) is 16.3 Å². The Balaban J connectivity index is 2.50. The minimum Gasteiger partial charge on any atom is -0.493 e. The number of alkyl halides is 1. The summed E-state index contributed by atoms with van der Waals surface area (Å²) < 4.78 is 5.51. The van der Waals surface area contributed by atoms with Crippen LogP contribution in [0.5, 0.6) is 5.75 Å². The summed E-state index contributed by atoms with van der Waals surface area (Å²) in [6, 6.07) is 6.01. The van der Waals surface area contributed by atoms with Crippen LogP contribution in [0.2, 0.25) is 0 Å². The van der Waals surface area contributed by atoms with Gasteiger partial charge in [0.2, 0.25) is 0 Å². The molecule has 0 atom stereocenters. The van der Waals surface area contributed by atoms with Gasteiger partial charge in [-0.15, -0.1) is 11.6 Å². The van der Waals surface area contributed by atoms with Gasteiger partial charge in [-0.05, 0) is 31.0 Å². The van der Waals surface area contributed by atoms with Gasteiger partial charge in [0.25, 0.3) is 0 Å². The number of aryl methyl sites for hydroxylation is 2. The van der Waals surface area contributed by atoms with Crippen molar-refractivity contribution in [3.05, 3.63) is 29.3 Å². The summed E-state index contributed by atoms with van der Waals surface area (Å²) in [6.07, 6.45) is 0.372. The van der Waals surface area contributed by atoms with E-state index in [1.165, 1.54) is 0 Å². The SMILES string of the molecule is Cc1ccc(C)c(OCCC(=O)CCl)c1. The molecular weight excluding hydrogens is 212 g/mol. The molecule has 0 bridgehead atoms. The molecule has 0 aliphatic rings. The van der Waals surface area contributed by atoms with E-state index in [9.17, 15) is 4.79 Å². The Bertz CT molecular complexity index is 347. The Morgan fingerprint density at radius 3 is 2.80 bits per heavy atom. The highest BCUT2D eigenvalue weighted by Crippen LogP contribution is 2.19. The monoisotopic (exact) mass is 226 g/mol. The van der Waals surface area contributed by atoms with E-state index in [1.807, 2.05) is 32.0 Å². The number of ketones is 1. The Kier molecular flexibility index (Phi) is 4.63. The highest BCUT2D eigenvalue weighted by atomic mass is 35.5. The number of hydrogen-bond donors (Lipinski definition) is 0. The third-order valence-electron chi connectivity index (χ3n) is 2.13. The van der Waals surface area contributed by atoms with Crippen LogP contribution in [-0.2, 0) is 4.79 Å². The predicted molar refractivity (Wildman–Crippen MR) is 61.8 cm³/mol. The summed E-state index contributed by atoms with van der Waals surface area (Å²) in [4.78, 5) is 10.9. The molecule has 0 aliphatic carbocycles. The minimum absolute atomic E-state index is 0.0157. The number of hydrogen-bond acceptors (Lipinski definition) is 2. The first-order chi connectivity index (χ1) is 7.13.